The van der Waals surface area contributed by atoms with Gasteiger partial charge in [-0.3, -0.25) is 24.8 Å². The number of aromatic nitrogens is 5. The molecule has 4 aromatic heterocycles. The summed E-state index contributed by atoms with van der Waals surface area (Å²) in [5.41, 5.74) is 7.05. The molecule has 0 radical (unpaired) electrons. The molecule has 0 aliphatic carbocycles. The average molecular weight is 604 g/mol. The number of carbonyl (C=O) groups is 1. The van der Waals surface area contributed by atoms with Crippen LogP contribution in [-0.4, -0.2) is 62.2 Å². The third-order valence-electron chi connectivity index (χ3n) is 8.25. The van der Waals surface area contributed by atoms with Gasteiger partial charge in [0.05, 0.1) is 28.8 Å². The first-order valence-corrected chi connectivity index (χ1v) is 15.3. The van der Waals surface area contributed by atoms with Crippen LogP contribution >= 0.6 is 0 Å². The Labute approximate surface area is 259 Å². The van der Waals surface area contributed by atoms with Crippen molar-refractivity contribution in [1.29, 1.82) is 0 Å². The van der Waals surface area contributed by atoms with Gasteiger partial charge < -0.3 is 15.0 Å². The number of H-pyrrole nitrogens is 2. The Morgan fingerprint density at radius 1 is 0.956 bits per heavy atom. The van der Waals surface area contributed by atoms with Crippen molar-refractivity contribution in [1.82, 2.24) is 30.0 Å². The van der Waals surface area contributed by atoms with Gasteiger partial charge in [0.15, 0.2) is 0 Å². The minimum absolute atomic E-state index is 0.0614. The molecule has 0 bridgehead atoms. The zero-order chi connectivity index (χ0) is 30.9. The van der Waals surface area contributed by atoms with Gasteiger partial charge in [-0.2, -0.15) is 5.10 Å². The third-order valence-corrected chi connectivity index (χ3v) is 8.25. The number of nitrogens with one attached hydrogen (secondary N) is 3. The Bertz CT molecular complexity index is 2010. The van der Waals surface area contributed by atoms with Crippen molar-refractivity contribution in [3.63, 3.8) is 0 Å². The smallest absolute Gasteiger partial charge is 0.226 e. The monoisotopic (exact) mass is 603 g/mol. The second-order valence-corrected chi connectivity index (χ2v) is 11.8. The number of halogens is 1. The Kier molecular flexibility index (Phi) is 7.72. The Morgan fingerprint density at radius 2 is 1.80 bits per heavy atom. The van der Waals surface area contributed by atoms with Crippen molar-refractivity contribution >= 4 is 33.4 Å². The molecule has 1 aliphatic rings. The van der Waals surface area contributed by atoms with Crippen LogP contribution in [0.25, 0.3) is 55.6 Å². The van der Waals surface area contributed by atoms with E-state index in [2.05, 4.69) is 41.4 Å². The predicted octanol–water partition coefficient (Wildman–Crippen LogP) is 7.04. The molecule has 7 rings (SSSR count). The molecule has 1 saturated heterocycles. The van der Waals surface area contributed by atoms with Crippen LogP contribution in [0.3, 0.4) is 0 Å². The summed E-state index contributed by atoms with van der Waals surface area (Å²) < 4.78 is 20.7. The molecule has 1 amide bonds. The van der Waals surface area contributed by atoms with E-state index in [9.17, 15) is 9.18 Å². The highest BCUT2D eigenvalue weighted by Gasteiger charge is 2.17. The lowest BCUT2D eigenvalue weighted by Crippen LogP contribution is -2.25. The van der Waals surface area contributed by atoms with E-state index in [0.29, 0.717) is 29.3 Å². The van der Waals surface area contributed by atoms with Crippen LogP contribution in [0.5, 0.6) is 5.75 Å². The predicted molar refractivity (Wildman–Crippen MR) is 174 cm³/mol. The van der Waals surface area contributed by atoms with Crippen LogP contribution in [0.1, 0.15) is 26.7 Å². The summed E-state index contributed by atoms with van der Waals surface area (Å²) in [4.78, 5) is 27.1. The fourth-order valence-electron chi connectivity index (χ4n) is 5.84. The van der Waals surface area contributed by atoms with Crippen LogP contribution in [0.15, 0.2) is 73.2 Å². The Hall–Kier alpha value is -5.09. The van der Waals surface area contributed by atoms with E-state index in [1.165, 1.54) is 25.0 Å². The topological polar surface area (TPSA) is 112 Å². The number of anilines is 1. The van der Waals surface area contributed by atoms with Crippen molar-refractivity contribution in [2.75, 3.05) is 31.6 Å². The van der Waals surface area contributed by atoms with Gasteiger partial charge in [0.25, 0.3) is 0 Å². The van der Waals surface area contributed by atoms with Crippen LogP contribution < -0.4 is 10.1 Å². The number of hydrogen-bond donors (Lipinski definition) is 3. The molecular formula is C35H34FN7O2. The van der Waals surface area contributed by atoms with Crippen molar-refractivity contribution < 1.29 is 13.9 Å². The Balaban J connectivity index is 1.20. The maximum atomic E-state index is 14.8. The number of aromatic amines is 2. The number of likely N-dealkylation sites (tertiary alicyclic amines) is 1. The number of rotatable bonds is 9. The summed E-state index contributed by atoms with van der Waals surface area (Å²) in [5.74, 6) is -0.0709. The first-order chi connectivity index (χ1) is 21.9. The molecule has 0 saturated carbocycles. The lowest BCUT2D eigenvalue weighted by atomic mass is 10.0. The molecule has 6 aromatic rings. The number of hydrogen-bond acceptors (Lipinski definition) is 6. The lowest BCUT2D eigenvalue weighted by Gasteiger charge is -2.15. The summed E-state index contributed by atoms with van der Waals surface area (Å²) in [5, 5.41) is 12.5. The van der Waals surface area contributed by atoms with E-state index in [4.69, 9.17) is 4.74 Å². The molecule has 1 fully saturated rings. The van der Waals surface area contributed by atoms with Gasteiger partial charge in [-0.05, 0) is 74.0 Å². The zero-order valence-electron chi connectivity index (χ0n) is 25.2. The zero-order valence-corrected chi connectivity index (χ0v) is 25.2. The van der Waals surface area contributed by atoms with Crippen LogP contribution in [0, 0.1) is 11.7 Å². The van der Waals surface area contributed by atoms with Gasteiger partial charge >= 0.3 is 0 Å². The van der Waals surface area contributed by atoms with Crippen molar-refractivity contribution in [2.45, 2.75) is 26.7 Å². The number of benzene rings is 2. The van der Waals surface area contributed by atoms with E-state index >= 15 is 0 Å². The molecule has 0 atom stereocenters. The summed E-state index contributed by atoms with van der Waals surface area (Å²) >= 11 is 0. The second-order valence-electron chi connectivity index (χ2n) is 11.8. The van der Waals surface area contributed by atoms with Crippen LogP contribution in [0.4, 0.5) is 10.1 Å². The summed E-state index contributed by atoms with van der Waals surface area (Å²) in [6.07, 6.45) is 7.58. The van der Waals surface area contributed by atoms with Gasteiger partial charge in [0.2, 0.25) is 5.91 Å². The van der Waals surface area contributed by atoms with E-state index in [-0.39, 0.29) is 17.6 Å². The normalized spacial score (nSPS) is 13.7. The van der Waals surface area contributed by atoms with Crippen LogP contribution in [-0.2, 0) is 4.79 Å². The summed E-state index contributed by atoms with van der Waals surface area (Å²) in [6, 6.07) is 16.6. The van der Waals surface area contributed by atoms with Crippen molar-refractivity contribution in [3.05, 3.63) is 79.0 Å². The fourth-order valence-corrected chi connectivity index (χ4v) is 5.84. The maximum absolute atomic E-state index is 14.8. The second kappa shape index (κ2) is 12.1. The van der Waals surface area contributed by atoms with Gasteiger partial charge in [-0.15, -0.1) is 0 Å². The standard InChI is InChI=1S/C35H34FN7O2/c1-21(2)35(44)39-26-14-24(19-37-20-26)22-5-6-31-28(16-22)34(42-41-31)32-18-29-30(40-32)7-8-38-33(29)23-13-25(36)17-27(15-23)45-12-11-43-9-3-4-10-43/h5-8,13-21,40H,3-4,9-12H2,1-2H3,(H,39,44)(H,41,42). The molecule has 5 heterocycles. The third kappa shape index (κ3) is 6.01. The molecule has 228 valence electrons. The average Bonchev–Trinajstić information content (AvgIpc) is 3.80. The minimum Gasteiger partial charge on any atom is -0.492 e. The number of fused-ring (bicyclic) bond motifs is 2. The van der Waals surface area contributed by atoms with Gasteiger partial charge in [-0.1, -0.05) is 19.9 Å². The summed E-state index contributed by atoms with van der Waals surface area (Å²) in [6.45, 7) is 7.23. The van der Waals surface area contributed by atoms with E-state index in [1.54, 1.807) is 18.6 Å². The van der Waals surface area contributed by atoms with Crippen LogP contribution in [0.2, 0.25) is 0 Å². The largest absolute Gasteiger partial charge is 0.492 e. The van der Waals surface area contributed by atoms with E-state index < -0.39 is 0 Å². The molecule has 1 aliphatic heterocycles. The van der Waals surface area contributed by atoms with E-state index in [1.807, 2.05) is 50.2 Å². The highest BCUT2D eigenvalue weighted by Crippen LogP contribution is 2.35. The Morgan fingerprint density at radius 3 is 2.64 bits per heavy atom. The van der Waals surface area contributed by atoms with Gasteiger partial charge in [0, 0.05) is 58.3 Å². The molecule has 0 spiro atoms. The van der Waals surface area contributed by atoms with Gasteiger partial charge in [-0.25, -0.2) is 4.39 Å². The highest BCUT2D eigenvalue weighted by molar-refractivity contribution is 6.01. The quantitative estimate of drug-likeness (QED) is 0.163. The van der Waals surface area contributed by atoms with Crippen molar-refractivity contribution in [3.8, 4) is 39.5 Å². The maximum Gasteiger partial charge on any atom is 0.226 e. The molecule has 45 heavy (non-hydrogen) atoms. The number of nitrogens with zero attached hydrogens (tertiary/aromatic N) is 4. The first-order valence-electron chi connectivity index (χ1n) is 15.3. The number of carbonyl (C=O) groups excluding carboxylic acids is 1. The molecular weight excluding hydrogens is 569 g/mol. The van der Waals surface area contributed by atoms with E-state index in [0.717, 1.165) is 64.0 Å². The lowest BCUT2D eigenvalue weighted by molar-refractivity contribution is -0.118. The number of amides is 1. The highest BCUT2D eigenvalue weighted by atomic mass is 19.1. The van der Waals surface area contributed by atoms with Crippen molar-refractivity contribution in [2.24, 2.45) is 5.92 Å². The first kappa shape index (κ1) is 28.7. The number of ether oxygens (including phenoxy) is 1. The molecule has 2 aromatic carbocycles. The van der Waals surface area contributed by atoms with Gasteiger partial charge in [0.1, 0.15) is 23.9 Å². The minimum atomic E-state index is -0.369. The number of pyridine rings is 2. The molecule has 10 heteroatoms. The SMILES string of the molecule is CC(C)C(=O)Nc1cncc(-c2ccc3[nH]nc(-c4cc5c(-c6cc(F)cc(OCCN7CCCC7)c6)nccc5[nH]4)c3c2)c1. The molecule has 0 unspecified atom stereocenters. The summed E-state index contributed by atoms with van der Waals surface area (Å²) in [7, 11) is 0. The molecule has 3 N–H and O–H groups in total. The fraction of sp³-hybridized carbons (Fsp3) is 0.257. The molecule has 9 nitrogen and oxygen atoms in total.